The number of hydrogen-bond acceptors (Lipinski definition) is 6. The summed E-state index contributed by atoms with van der Waals surface area (Å²) in [6.07, 6.45) is -3.82. The molecule has 1 aromatic carbocycles. The minimum Gasteiger partial charge on any atom is -0.465 e. The van der Waals surface area contributed by atoms with Crippen LogP contribution in [-0.4, -0.2) is 47.2 Å². The largest absolute Gasteiger partial charge is 0.470 e. The van der Waals surface area contributed by atoms with Gasteiger partial charge in [-0.3, -0.25) is 4.79 Å². The lowest BCUT2D eigenvalue weighted by Gasteiger charge is -2.30. The first kappa shape index (κ1) is 18.9. The van der Waals surface area contributed by atoms with Gasteiger partial charge in [-0.2, -0.15) is 13.2 Å². The number of aromatic nitrogens is 2. The summed E-state index contributed by atoms with van der Waals surface area (Å²) in [5.41, 5.74) is 0.753. The van der Waals surface area contributed by atoms with Crippen molar-refractivity contribution in [3.05, 3.63) is 47.2 Å². The SMILES string of the molecule is COC(=O)c1ccc(C(=O)N2CCC(c3nnc(C(F)(F)F)o3)CC2)cc1. The summed E-state index contributed by atoms with van der Waals surface area (Å²) < 4.78 is 47.0. The molecule has 0 spiro atoms. The number of rotatable bonds is 3. The first-order chi connectivity index (χ1) is 12.8. The first-order valence-corrected chi connectivity index (χ1v) is 8.18. The van der Waals surface area contributed by atoms with Crippen molar-refractivity contribution in [2.75, 3.05) is 20.2 Å². The van der Waals surface area contributed by atoms with Crippen LogP contribution in [0.1, 0.15) is 51.3 Å². The number of nitrogens with zero attached hydrogens (tertiary/aromatic N) is 3. The molecule has 1 fully saturated rings. The topological polar surface area (TPSA) is 85.5 Å². The quantitative estimate of drug-likeness (QED) is 0.758. The highest BCUT2D eigenvalue weighted by Gasteiger charge is 2.39. The van der Waals surface area contributed by atoms with Gasteiger partial charge in [0.15, 0.2) is 0 Å². The van der Waals surface area contributed by atoms with Crippen LogP contribution in [0.5, 0.6) is 0 Å². The molecule has 1 aromatic heterocycles. The van der Waals surface area contributed by atoms with E-state index in [1.165, 1.54) is 31.4 Å². The van der Waals surface area contributed by atoms with Gasteiger partial charge in [0, 0.05) is 24.6 Å². The number of piperidine rings is 1. The third-order valence-electron chi connectivity index (χ3n) is 4.37. The molecule has 1 aliphatic heterocycles. The average Bonchev–Trinajstić information content (AvgIpc) is 3.18. The fourth-order valence-electron chi connectivity index (χ4n) is 2.89. The van der Waals surface area contributed by atoms with Gasteiger partial charge in [0.2, 0.25) is 5.89 Å². The van der Waals surface area contributed by atoms with Gasteiger partial charge in [-0.25, -0.2) is 4.79 Å². The molecule has 1 saturated heterocycles. The number of esters is 1. The van der Waals surface area contributed by atoms with Crippen molar-refractivity contribution in [3.8, 4) is 0 Å². The summed E-state index contributed by atoms with van der Waals surface area (Å²) in [6.45, 7) is 0.706. The van der Waals surface area contributed by atoms with Crippen molar-refractivity contribution in [1.82, 2.24) is 15.1 Å². The summed E-state index contributed by atoms with van der Waals surface area (Å²) in [6, 6.07) is 6.08. The Kier molecular flexibility index (Phi) is 5.15. The van der Waals surface area contributed by atoms with Gasteiger partial charge in [-0.15, -0.1) is 10.2 Å². The van der Waals surface area contributed by atoms with Crippen LogP contribution in [0, 0.1) is 0 Å². The summed E-state index contributed by atoms with van der Waals surface area (Å²) in [7, 11) is 1.27. The second-order valence-electron chi connectivity index (χ2n) is 6.08. The van der Waals surface area contributed by atoms with Crippen molar-refractivity contribution in [3.63, 3.8) is 0 Å². The summed E-state index contributed by atoms with van der Waals surface area (Å²) in [5, 5.41) is 6.52. The number of methoxy groups -OCH3 is 1. The second kappa shape index (κ2) is 7.37. The Hall–Kier alpha value is -2.91. The lowest BCUT2D eigenvalue weighted by Crippen LogP contribution is -2.38. The van der Waals surface area contributed by atoms with Crippen molar-refractivity contribution in [2.45, 2.75) is 24.9 Å². The number of amides is 1. The van der Waals surface area contributed by atoms with E-state index in [1.807, 2.05) is 0 Å². The average molecular weight is 383 g/mol. The number of alkyl halides is 3. The van der Waals surface area contributed by atoms with E-state index in [4.69, 9.17) is 4.42 Å². The zero-order valence-corrected chi connectivity index (χ0v) is 14.3. The smallest absolute Gasteiger partial charge is 0.465 e. The van der Waals surface area contributed by atoms with Crippen LogP contribution in [-0.2, 0) is 10.9 Å². The van der Waals surface area contributed by atoms with E-state index in [9.17, 15) is 22.8 Å². The summed E-state index contributed by atoms with van der Waals surface area (Å²) in [5.74, 6) is -2.45. The van der Waals surface area contributed by atoms with Crippen molar-refractivity contribution in [2.24, 2.45) is 0 Å². The van der Waals surface area contributed by atoms with E-state index in [2.05, 4.69) is 14.9 Å². The predicted octanol–water partition coefficient (Wildman–Crippen LogP) is 2.89. The Bertz CT molecular complexity index is 825. The van der Waals surface area contributed by atoms with Crippen LogP contribution in [0.4, 0.5) is 13.2 Å². The molecule has 0 aliphatic carbocycles. The molecule has 2 heterocycles. The zero-order valence-electron chi connectivity index (χ0n) is 14.3. The number of hydrogen-bond donors (Lipinski definition) is 0. The molecular weight excluding hydrogens is 367 g/mol. The molecule has 0 atom stereocenters. The molecule has 0 unspecified atom stereocenters. The molecule has 0 saturated carbocycles. The maximum atomic E-state index is 12.5. The van der Waals surface area contributed by atoms with Gasteiger partial charge in [-0.1, -0.05) is 0 Å². The van der Waals surface area contributed by atoms with Gasteiger partial charge in [0.1, 0.15) is 0 Å². The number of carbonyl (C=O) groups is 2. The molecule has 7 nitrogen and oxygen atoms in total. The fourth-order valence-corrected chi connectivity index (χ4v) is 2.89. The van der Waals surface area contributed by atoms with E-state index in [0.717, 1.165) is 0 Å². The van der Waals surface area contributed by atoms with E-state index >= 15 is 0 Å². The van der Waals surface area contributed by atoms with Crippen LogP contribution >= 0.6 is 0 Å². The third-order valence-corrected chi connectivity index (χ3v) is 4.37. The third kappa shape index (κ3) is 4.09. The number of carbonyl (C=O) groups excluding carboxylic acids is 2. The van der Waals surface area contributed by atoms with Gasteiger partial charge in [0.05, 0.1) is 12.7 Å². The van der Waals surface area contributed by atoms with Crippen LogP contribution in [0.15, 0.2) is 28.7 Å². The Morgan fingerprint density at radius 2 is 1.70 bits per heavy atom. The van der Waals surface area contributed by atoms with Crippen molar-refractivity contribution >= 4 is 11.9 Å². The highest BCUT2D eigenvalue weighted by Crippen LogP contribution is 2.32. The highest BCUT2D eigenvalue weighted by atomic mass is 19.4. The monoisotopic (exact) mass is 383 g/mol. The minimum absolute atomic E-state index is 0.0585. The molecular formula is C17H16F3N3O4. The molecule has 1 aliphatic rings. The van der Waals surface area contributed by atoms with Gasteiger partial charge in [0.25, 0.3) is 5.91 Å². The number of likely N-dealkylation sites (tertiary alicyclic amines) is 1. The number of halogens is 3. The van der Waals surface area contributed by atoms with Crippen molar-refractivity contribution < 1.29 is 31.9 Å². The summed E-state index contributed by atoms with van der Waals surface area (Å²) in [4.78, 5) is 25.6. The molecule has 27 heavy (non-hydrogen) atoms. The highest BCUT2D eigenvalue weighted by molar-refractivity contribution is 5.96. The second-order valence-corrected chi connectivity index (χ2v) is 6.08. The van der Waals surface area contributed by atoms with Crippen LogP contribution < -0.4 is 0 Å². The fraction of sp³-hybridized carbons (Fsp3) is 0.412. The number of ether oxygens (including phenoxy) is 1. The predicted molar refractivity (Wildman–Crippen MR) is 85.0 cm³/mol. The summed E-state index contributed by atoms with van der Waals surface area (Å²) >= 11 is 0. The maximum Gasteiger partial charge on any atom is 0.470 e. The minimum atomic E-state index is -4.67. The van der Waals surface area contributed by atoms with E-state index in [0.29, 0.717) is 37.1 Å². The molecule has 0 N–H and O–H groups in total. The Morgan fingerprint density at radius 3 is 2.22 bits per heavy atom. The molecule has 144 valence electrons. The molecule has 1 amide bonds. The Labute approximate surface area is 152 Å². The van der Waals surface area contributed by atoms with E-state index in [-0.39, 0.29) is 17.7 Å². The van der Waals surface area contributed by atoms with Gasteiger partial charge in [-0.05, 0) is 37.1 Å². The van der Waals surface area contributed by atoms with Gasteiger partial charge < -0.3 is 14.1 Å². The molecule has 2 aromatic rings. The van der Waals surface area contributed by atoms with Crippen molar-refractivity contribution in [1.29, 1.82) is 0 Å². The van der Waals surface area contributed by atoms with E-state index in [1.54, 1.807) is 4.90 Å². The lowest BCUT2D eigenvalue weighted by atomic mass is 9.96. The zero-order chi connectivity index (χ0) is 19.6. The van der Waals surface area contributed by atoms with Crippen LogP contribution in [0.25, 0.3) is 0 Å². The Morgan fingerprint density at radius 1 is 1.11 bits per heavy atom. The number of benzene rings is 1. The van der Waals surface area contributed by atoms with Gasteiger partial charge >= 0.3 is 18.0 Å². The normalized spacial score (nSPS) is 15.6. The molecule has 0 radical (unpaired) electrons. The van der Waals surface area contributed by atoms with E-state index < -0.39 is 18.0 Å². The van der Waals surface area contributed by atoms with Crippen LogP contribution in [0.2, 0.25) is 0 Å². The Balaban J connectivity index is 1.61. The standard InChI is InChI=1S/C17H16F3N3O4/c1-26-15(25)12-4-2-11(3-5-12)14(24)23-8-6-10(7-9-23)13-21-22-16(27-13)17(18,19)20/h2-5,10H,6-9H2,1H3. The molecule has 0 bridgehead atoms. The molecule has 10 heteroatoms. The first-order valence-electron chi connectivity index (χ1n) is 8.18. The lowest BCUT2D eigenvalue weighted by molar-refractivity contribution is -0.157. The molecule has 3 rings (SSSR count). The van der Waals surface area contributed by atoms with Crippen LogP contribution in [0.3, 0.4) is 0 Å². The maximum absolute atomic E-state index is 12.5.